The summed E-state index contributed by atoms with van der Waals surface area (Å²) in [7, 11) is 0. The number of carbonyl (C=O) groups excluding carboxylic acids is 1. The van der Waals surface area contributed by atoms with Crippen LogP contribution in [0.4, 0.5) is 5.13 Å². The lowest BCUT2D eigenvalue weighted by atomic mass is 10.2. The molecule has 1 amide bonds. The first-order valence-corrected chi connectivity index (χ1v) is 9.00. The fraction of sp³-hybridized carbons (Fsp3) is 0.312. The van der Waals surface area contributed by atoms with Gasteiger partial charge in [0, 0.05) is 13.1 Å². The minimum absolute atomic E-state index is 0.00812. The minimum atomic E-state index is -0.399. The first-order chi connectivity index (χ1) is 12.5. The Morgan fingerprint density at radius 1 is 1.42 bits per heavy atom. The zero-order valence-electron chi connectivity index (χ0n) is 13.9. The third kappa shape index (κ3) is 4.06. The molecule has 1 aliphatic heterocycles. The summed E-state index contributed by atoms with van der Waals surface area (Å²) in [6, 6.07) is 2.70. The number of nitrogens with zero attached hydrogens (tertiary/aromatic N) is 3. The predicted octanol–water partition coefficient (Wildman–Crippen LogP) is 2.12. The third-order valence-electron chi connectivity index (χ3n) is 3.72. The summed E-state index contributed by atoms with van der Waals surface area (Å²) in [5, 5.41) is 23.6. The van der Waals surface area contributed by atoms with Crippen molar-refractivity contribution in [3.8, 4) is 11.5 Å². The number of halogens is 1. The number of hydrogen-bond donors (Lipinski definition) is 3. The average molecular weight is 397 g/mol. The van der Waals surface area contributed by atoms with E-state index in [1.165, 1.54) is 29.7 Å². The van der Waals surface area contributed by atoms with Crippen LogP contribution in [-0.4, -0.2) is 53.6 Å². The number of aryl methyl sites for hydroxylation is 1. The van der Waals surface area contributed by atoms with Gasteiger partial charge in [0.1, 0.15) is 4.88 Å². The van der Waals surface area contributed by atoms with E-state index in [-0.39, 0.29) is 16.7 Å². The lowest BCUT2D eigenvalue weighted by molar-refractivity contribution is 0.0958. The maximum Gasteiger partial charge on any atom is 0.283 e. The molecule has 1 saturated heterocycles. The number of hydrogen-bond acceptors (Lipinski definition) is 8. The molecule has 8 nitrogen and oxygen atoms in total. The van der Waals surface area contributed by atoms with Crippen LogP contribution in [0.25, 0.3) is 0 Å². The Morgan fingerprint density at radius 3 is 2.85 bits per heavy atom. The van der Waals surface area contributed by atoms with Crippen LogP contribution in [0.2, 0.25) is 5.02 Å². The molecule has 1 aliphatic rings. The van der Waals surface area contributed by atoms with Gasteiger partial charge in [-0.05, 0) is 24.6 Å². The molecule has 1 fully saturated rings. The lowest BCUT2D eigenvalue weighted by Gasteiger charge is -2.25. The van der Waals surface area contributed by atoms with E-state index in [0.29, 0.717) is 29.3 Å². The first kappa shape index (κ1) is 18.4. The molecular weight excluding hydrogens is 380 g/mol. The van der Waals surface area contributed by atoms with Crippen molar-refractivity contribution in [2.24, 2.45) is 5.10 Å². The van der Waals surface area contributed by atoms with Gasteiger partial charge < -0.3 is 19.8 Å². The summed E-state index contributed by atoms with van der Waals surface area (Å²) in [4.78, 5) is 19.3. The molecule has 0 saturated carbocycles. The number of amides is 1. The maximum atomic E-state index is 12.3. The molecule has 26 heavy (non-hydrogen) atoms. The highest BCUT2D eigenvalue weighted by atomic mass is 35.5. The number of ether oxygens (including phenoxy) is 1. The summed E-state index contributed by atoms with van der Waals surface area (Å²) in [5.41, 5.74) is 3.49. The van der Waals surface area contributed by atoms with Gasteiger partial charge in [-0.3, -0.25) is 4.79 Å². The summed E-state index contributed by atoms with van der Waals surface area (Å²) >= 11 is 7.08. The molecule has 0 bridgehead atoms. The van der Waals surface area contributed by atoms with E-state index >= 15 is 0 Å². The van der Waals surface area contributed by atoms with Crippen LogP contribution < -0.4 is 10.3 Å². The number of anilines is 1. The molecule has 2 aromatic rings. The van der Waals surface area contributed by atoms with Crippen molar-refractivity contribution in [1.29, 1.82) is 0 Å². The number of nitrogens with one attached hydrogen (secondary N) is 1. The number of rotatable bonds is 4. The fourth-order valence-electron chi connectivity index (χ4n) is 2.38. The Labute approximate surface area is 158 Å². The second-order valence-electron chi connectivity index (χ2n) is 5.58. The maximum absolute atomic E-state index is 12.3. The van der Waals surface area contributed by atoms with Gasteiger partial charge in [-0.1, -0.05) is 22.9 Å². The molecule has 3 rings (SSSR count). The quantitative estimate of drug-likeness (QED) is 0.415. The smallest absolute Gasteiger partial charge is 0.283 e. The number of carbonyl (C=O) groups is 1. The van der Waals surface area contributed by atoms with Crippen LogP contribution in [-0.2, 0) is 4.74 Å². The number of thiazole rings is 1. The van der Waals surface area contributed by atoms with Crippen molar-refractivity contribution in [2.75, 3.05) is 31.2 Å². The molecular formula is C16H17ClN4O4S. The van der Waals surface area contributed by atoms with Gasteiger partial charge >= 0.3 is 0 Å². The molecule has 1 aromatic heterocycles. The van der Waals surface area contributed by atoms with Crippen LogP contribution in [0.1, 0.15) is 20.9 Å². The third-order valence-corrected chi connectivity index (χ3v) is 5.22. The van der Waals surface area contributed by atoms with E-state index in [9.17, 15) is 15.0 Å². The second kappa shape index (κ2) is 7.90. The molecule has 0 atom stereocenters. The number of phenolic OH excluding ortho intramolecular Hbond substituents is 2. The molecule has 2 heterocycles. The minimum Gasteiger partial charge on any atom is -0.504 e. The zero-order chi connectivity index (χ0) is 18.7. The van der Waals surface area contributed by atoms with E-state index in [2.05, 4.69) is 20.4 Å². The fourth-order valence-corrected chi connectivity index (χ4v) is 3.61. The van der Waals surface area contributed by atoms with Crippen LogP contribution in [0.3, 0.4) is 0 Å². The van der Waals surface area contributed by atoms with Crippen LogP contribution in [0.5, 0.6) is 11.5 Å². The Hall–Kier alpha value is -2.36. The van der Waals surface area contributed by atoms with Gasteiger partial charge in [0.15, 0.2) is 16.6 Å². The molecule has 0 spiro atoms. The average Bonchev–Trinajstić information content (AvgIpc) is 3.02. The molecule has 138 valence electrons. The van der Waals surface area contributed by atoms with Gasteiger partial charge in [0.2, 0.25) is 0 Å². The van der Waals surface area contributed by atoms with E-state index in [4.69, 9.17) is 16.3 Å². The van der Waals surface area contributed by atoms with E-state index in [1.807, 2.05) is 0 Å². The molecule has 1 aromatic carbocycles. The van der Waals surface area contributed by atoms with Crippen LogP contribution in [0.15, 0.2) is 17.2 Å². The summed E-state index contributed by atoms with van der Waals surface area (Å²) in [6.07, 6.45) is 1.32. The molecule has 10 heteroatoms. The highest BCUT2D eigenvalue weighted by Gasteiger charge is 2.20. The Kier molecular flexibility index (Phi) is 5.60. The van der Waals surface area contributed by atoms with Gasteiger partial charge in [0.05, 0.1) is 30.1 Å². The molecule has 0 radical (unpaired) electrons. The van der Waals surface area contributed by atoms with Crippen LogP contribution in [0, 0.1) is 6.92 Å². The lowest BCUT2D eigenvalue weighted by Crippen LogP contribution is -2.36. The molecule has 0 unspecified atom stereocenters. The Morgan fingerprint density at radius 2 is 2.15 bits per heavy atom. The zero-order valence-corrected chi connectivity index (χ0v) is 15.5. The van der Waals surface area contributed by atoms with Crippen molar-refractivity contribution >= 4 is 40.2 Å². The number of morpholine rings is 1. The first-order valence-electron chi connectivity index (χ1n) is 7.80. The van der Waals surface area contributed by atoms with Crippen molar-refractivity contribution in [2.45, 2.75) is 6.92 Å². The van der Waals surface area contributed by atoms with Crippen molar-refractivity contribution < 1.29 is 19.7 Å². The highest BCUT2D eigenvalue weighted by Crippen LogP contribution is 2.33. The van der Waals surface area contributed by atoms with Crippen molar-refractivity contribution in [1.82, 2.24) is 10.4 Å². The van der Waals surface area contributed by atoms with Gasteiger partial charge in [-0.25, -0.2) is 10.4 Å². The monoisotopic (exact) mass is 396 g/mol. The number of benzene rings is 1. The van der Waals surface area contributed by atoms with Gasteiger partial charge in [0.25, 0.3) is 5.91 Å². The highest BCUT2D eigenvalue weighted by molar-refractivity contribution is 7.17. The topological polar surface area (TPSA) is 107 Å². The van der Waals surface area contributed by atoms with Crippen molar-refractivity contribution in [3.05, 3.63) is 33.3 Å². The summed E-state index contributed by atoms with van der Waals surface area (Å²) in [6.45, 7) is 4.56. The van der Waals surface area contributed by atoms with Gasteiger partial charge in [-0.15, -0.1) is 0 Å². The Balaban J connectivity index is 1.67. The predicted molar refractivity (Wildman–Crippen MR) is 99.7 cm³/mol. The Bertz CT molecular complexity index is 826. The SMILES string of the molecule is Cc1nc(N2CCOCC2)sc1C(=O)N/N=C/c1cc(O)c(O)c(Cl)c1. The number of hydrazone groups is 1. The summed E-state index contributed by atoms with van der Waals surface area (Å²) in [5.74, 6) is -1.13. The number of aromatic nitrogens is 1. The number of aromatic hydroxyl groups is 2. The summed E-state index contributed by atoms with van der Waals surface area (Å²) < 4.78 is 5.32. The van der Waals surface area contributed by atoms with E-state index in [1.54, 1.807) is 6.92 Å². The van der Waals surface area contributed by atoms with Gasteiger partial charge in [-0.2, -0.15) is 5.10 Å². The number of phenols is 2. The molecule has 0 aliphatic carbocycles. The van der Waals surface area contributed by atoms with E-state index in [0.717, 1.165) is 18.2 Å². The largest absolute Gasteiger partial charge is 0.504 e. The standard InChI is InChI=1S/C16H17ClN4O4S/c1-9-14(26-16(19-9)21-2-4-25-5-3-21)15(24)20-18-8-10-6-11(17)13(23)12(22)7-10/h6-8,22-23H,2-5H2,1H3,(H,20,24)/b18-8+. The van der Waals surface area contributed by atoms with Crippen LogP contribution >= 0.6 is 22.9 Å². The second-order valence-corrected chi connectivity index (χ2v) is 6.96. The van der Waals surface area contributed by atoms with E-state index < -0.39 is 5.75 Å². The van der Waals surface area contributed by atoms with Crippen molar-refractivity contribution in [3.63, 3.8) is 0 Å². The molecule has 3 N–H and O–H groups in total. The normalized spacial score (nSPS) is 14.8.